The second kappa shape index (κ2) is 10.8. The van der Waals surface area contributed by atoms with Crippen molar-refractivity contribution in [2.45, 2.75) is 11.2 Å². The third-order valence-electron chi connectivity index (χ3n) is 9.66. The van der Waals surface area contributed by atoms with Crippen LogP contribution in [-0.2, 0) is 11.2 Å². The van der Waals surface area contributed by atoms with Crippen molar-refractivity contribution in [1.82, 2.24) is 0 Å². The van der Waals surface area contributed by atoms with Crippen molar-refractivity contribution in [3.05, 3.63) is 203 Å². The quantitative estimate of drug-likeness (QED) is 0.194. The van der Waals surface area contributed by atoms with Crippen LogP contribution in [-0.4, -0.2) is 0 Å². The van der Waals surface area contributed by atoms with Crippen molar-refractivity contribution in [2.24, 2.45) is 0 Å². The lowest BCUT2D eigenvalue weighted by Gasteiger charge is -2.38. The first-order chi connectivity index (χ1) is 23.5. The van der Waals surface area contributed by atoms with Crippen LogP contribution in [0, 0.1) is 11.6 Å². The fourth-order valence-corrected chi connectivity index (χ4v) is 7.20. The summed E-state index contributed by atoms with van der Waals surface area (Å²) in [4.78, 5) is 0. The van der Waals surface area contributed by atoms with Gasteiger partial charge in [0.2, 0.25) is 0 Å². The van der Waals surface area contributed by atoms with Crippen molar-refractivity contribution in [2.75, 3.05) is 0 Å². The molecule has 4 heteroatoms. The van der Waals surface area contributed by atoms with E-state index in [-0.39, 0.29) is 11.6 Å². The van der Waals surface area contributed by atoms with Gasteiger partial charge in [0, 0.05) is 33.4 Å². The Morgan fingerprint density at radius 3 is 1.12 bits per heavy atom. The van der Waals surface area contributed by atoms with E-state index >= 15 is 0 Å². The van der Waals surface area contributed by atoms with Crippen LogP contribution in [0.4, 0.5) is 8.78 Å². The van der Waals surface area contributed by atoms with Crippen LogP contribution in [0.25, 0.3) is 33.7 Å². The first-order valence-electron chi connectivity index (χ1n) is 16.0. The molecule has 2 atom stereocenters. The van der Waals surface area contributed by atoms with Crippen LogP contribution in [0.5, 0.6) is 11.5 Å². The zero-order valence-electron chi connectivity index (χ0n) is 25.7. The summed E-state index contributed by atoms with van der Waals surface area (Å²) in [6.45, 7) is 0. The first-order valence-corrected chi connectivity index (χ1v) is 16.0. The van der Waals surface area contributed by atoms with Gasteiger partial charge in [0.1, 0.15) is 23.1 Å². The predicted octanol–water partition coefficient (Wildman–Crippen LogP) is 11.0. The lowest BCUT2D eigenvalue weighted by molar-refractivity contribution is 0.157. The summed E-state index contributed by atoms with van der Waals surface area (Å²) in [5.74, 6) is 0.862. The fourth-order valence-electron chi connectivity index (χ4n) is 7.20. The highest BCUT2D eigenvalue weighted by Crippen LogP contribution is 2.47. The topological polar surface area (TPSA) is 18.5 Å². The molecule has 7 aromatic rings. The Balaban J connectivity index is 1.18. The van der Waals surface area contributed by atoms with Gasteiger partial charge in [-0.3, -0.25) is 0 Å². The lowest BCUT2D eigenvalue weighted by atomic mass is 9.79. The number of rotatable bonds is 4. The third-order valence-corrected chi connectivity index (χ3v) is 9.66. The highest BCUT2D eigenvalue weighted by molar-refractivity contribution is 5.95. The Morgan fingerprint density at radius 2 is 0.729 bits per heavy atom. The summed E-state index contributed by atoms with van der Waals surface area (Å²) < 4.78 is 42.2. The molecule has 0 radical (unpaired) electrons. The van der Waals surface area contributed by atoms with Crippen molar-refractivity contribution in [3.8, 4) is 11.5 Å². The molecule has 2 unspecified atom stereocenters. The minimum Gasteiger partial charge on any atom is -0.473 e. The molecular weight excluding hydrogens is 598 g/mol. The Hall–Kier alpha value is -6.00. The van der Waals surface area contributed by atoms with Gasteiger partial charge in [-0.25, -0.2) is 8.78 Å². The molecule has 0 saturated carbocycles. The van der Waals surface area contributed by atoms with Crippen molar-refractivity contribution < 1.29 is 18.3 Å². The molecule has 0 amide bonds. The molecule has 2 nitrogen and oxygen atoms in total. The average Bonchev–Trinajstić information content (AvgIpc) is 3.15. The van der Waals surface area contributed by atoms with Gasteiger partial charge in [-0.15, -0.1) is 0 Å². The van der Waals surface area contributed by atoms with E-state index in [1.807, 2.05) is 60.7 Å². The maximum Gasteiger partial charge on any atom is 0.178 e. The number of halogens is 2. The molecule has 0 aliphatic carbocycles. The Kier molecular flexibility index (Phi) is 6.34. The van der Waals surface area contributed by atoms with Crippen LogP contribution < -0.4 is 9.47 Å². The van der Waals surface area contributed by atoms with Crippen LogP contribution in [0.3, 0.4) is 0 Å². The summed E-state index contributed by atoms with van der Waals surface area (Å²) in [5, 5.41) is 4.46. The molecule has 2 aliphatic rings. The first kappa shape index (κ1) is 28.2. The second-order valence-electron chi connectivity index (χ2n) is 12.3. The van der Waals surface area contributed by atoms with E-state index in [1.54, 1.807) is 24.3 Å². The average molecular weight is 627 g/mol. The number of hydrogen-bond acceptors (Lipinski definition) is 2. The van der Waals surface area contributed by atoms with Crippen molar-refractivity contribution in [1.29, 1.82) is 0 Å². The Bertz CT molecular complexity index is 2240. The van der Waals surface area contributed by atoms with E-state index in [0.29, 0.717) is 0 Å². The molecular formula is C44H28F2O2. The highest BCUT2D eigenvalue weighted by atomic mass is 19.1. The zero-order valence-corrected chi connectivity index (χ0v) is 25.7. The summed E-state index contributed by atoms with van der Waals surface area (Å²) in [5.41, 5.74) is 3.32. The van der Waals surface area contributed by atoms with Gasteiger partial charge in [-0.2, -0.15) is 0 Å². The van der Waals surface area contributed by atoms with Gasteiger partial charge in [0.05, 0.1) is 0 Å². The molecule has 0 saturated heterocycles. The zero-order chi connectivity index (χ0) is 32.3. The van der Waals surface area contributed by atoms with E-state index in [9.17, 15) is 8.78 Å². The van der Waals surface area contributed by atoms with Gasteiger partial charge >= 0.3 is 0 Å². The molecule has 0 N–H and O–H groups in total. The predicted molar refractivity (Wildman–Crippen MR) is 188 cm³/mol. The van der Waals surface area contributed by atoms with Crippen molar-refractivity contribution in [3.63, 3.8) is 0 Å². The van der Waals surface area contributed by atoms with Crippen LogP contribution in [0.1, 0.15) is 33.4 Å². The molecule has 0 aromatic heterocycles. The van der Waals surface area contributed by atoms with Gasteiger partial charge < -0.3 is 9.47 Å². The lowest BCUT2D eigenvalue weighted by Crippen LogP contribution is -2.36. The maximum absolute atomic E-state index is 14.2. The molecule has 0 bridgehead atoms. The number of ether oxygens (including phenoxy) is 2. The van der Waals surface area contributed by atoms with Gasteiger partial charge in [-0.05, 0) is 82.2 Å². The molecule has 2 heterocycles. The Morgan fingerprint density at radius 1 is 0.375 bits per heavy atom. The minimum absolute atomic E-state index is 0.314. The van der Waals surface area contributed by atoms with Crippen LogP contribution >= 0.6 is 0 Å². The summed E-state index contributed by atoms with van der Waals surface area (Å²) >= 11 is 0. The summed E-state index contributed by atoms with van der Waals surface area (Å²) in [6.07, 6.45) is 8.32. The summed E-state index contributed by atoms with van der Waals surface area (Å²) in [7, 11) is 0. The maximum atomic E-state index is 14.2. The molecule has 0 spiro atoms. The fraction of sp³-hybridized carbons (Fsp3) is 0.0455. The van der Waals surface area contributed by atoms with E-state index in [4.69, 9.17) is 9.47 Å². The van der Waals surface area contributed by atoms with E-state index < -0.39 is 11.2 Å². The molecule has 230 valence electrons. The standard InChI is InChI=1S/C44H28F2O2/c45-35-19-15-33(16-20-35)43(27-25-39-37-7-3-1-5-29(37)9-23-41(39)47-43)31-11-13-32(14-12-31)44(34-17-21-36(46)22-18-34)28-26-40-38-8-4-2-6-30(38)10-24-42(40)48-44/h1-28H. The monoisotopic (exact) mass is 626 g/mol. The van der Waals surface area contributed by atoms with Gasteiger partial charge in [0.15, 0.2) is 11.2 Å². The van der Waals surface area contributed by atoms with Gasteiger partial charge in [0.25, 0.3) is 0 Å². The normalized spacial score (nSPS) is 19.4. The smallest absolute Gasteiger partial charge is 0.178 e. The summed E-state index contributed by atoms with van der Waals surface area (Å²) in [6, 6.07) is 45.7. The highest BCUT2D eigenvalue weighted by Gasteiger charge is 2.40. The number of benzene rings is 7. The molecule has 7 aromatic carbocycles. The Labute approximate surface area is 276 Å². The van der Waals surface area contributed by atoms with Crippen molar-refractivity contribution >= 4 is 33.7 Å². The number of hydrogen-bond donors (Lipinski definition) is 0. The van der Waals surface area contributed by atoms with Gasteiger partial charge in [-0.1, -0.05) is 109 Å². The van der Waals surface area contributed by atoms with E-state index in [0.717, 1.165) is 66.4 Å². The van der Waals surface area contributed by atoms with E-state index in [1.165, 1.54) is 24.3 Å². The van der Waals surface area contributed by atoms with Crippen LogP contribution in [0.2, 0.25) is 0 Å². The minimum atomic E-state index is -1.01. The molecule has 48 heavy (non-hydrogen) atoms. The SMILES string of the molecule is Fc1ccc(C2(c3ccc(C4(c5ccc(F)cc5)C=Cc5c(ccc6ccccc56)O4)cc3)C=Cc3c(ccc4ccccc34)O2)cc1. The second-order valence-corrected chi connectivity index (χ2v) is 12.3. The molecule has 0 fully saturated rings. The third kappa shape index (κ3) is 4.37. The number of fused-ring (bicyclic) bond motifs is 6. The van der Waals surface area contributed by atoms with E-state index in [2.05, 4.69) is 60.7 Å². The van der Waals surface area contributed by atoms with Crippen LogP contribution in [0.15, 0.2) is 158 Å². The largest absolute Gasteiger partial charge is 0.473 e. The molecule has 9 rings (SSSR count). The molecule has 2 aliphatic heterocycles.